The lowest BCUT2D eigenvalue weighted by atomic mass is 9.79. The number of nitrogens with one attached hydrogen (secondary N) is 1. The summed E-state index contributed by atoms with van der Waals surface area (Å²) in [5, 5.41) is 14.5. The summed E-state index contributed by atoms with van der Waals surface area (Å²) >= 11 is 1.25. The first-order chi connectivity index (χ1) is 13.8. The standard InChI is InChI=1S/C22H25NO5S/c1-12-8-9-14(10-13(12)2)17-11-29-20(18(17)22(27)28-3)23-19(24)15-6-4-5-7-16(15)21(25)26/h8-11,15-16H,4-7H2,1-3H3,(H,23,24)(H,25,26)/t15-,16+/m0/s1. The van der Waals surface area contributed by atoms with Gasteiger partial charge in [0.05, 0.1) is 18.9 Å². The predicted molar refractivity (Wildman–Crippen MR) is 112 cm³/mol. The number of carboxylic acid groups (broad SMARTS) is 1. The molecular weight excluding hydrogens is 390 g/mol. The molecule has 0 aliphatic heterocycles. The molecule has 0 spiro atoms. The molecule has 3 rings (SSSR count). The highest BCUT2D eigenvalue weighted by atomic mass is 32.1. The molecule has 2 atom stereocenters. The van der Waals surface area contributed by atoms with Crippen molar-refractivity contribution in [3.05, 3.63) is 40.3 Å². The van der Waals surface area contributed by atoms with Crippen molar-refractivity contribution in [3.8, 4) is 11.1 Å². The fraction of sp³-hybridized carbons (Fsp3) is 0.409. The first kappa shape index (κ1) is 21.0. The maximum absolute atomic E-state index is 12.9. The molecule has 1 fully saturated rings. The summed E-state index contributed by atoms with van der Waals surface area (Å²) in [5.41, 5.74) is 4.11. The molecular formula is C22H25NO5S. The van der Waals surface area contributed by atoms with Gasteiger partial charge in [-0.25, -0.2) is 4.79 Å². The normalized spacial score (nSPS) is 18.9. The largest absolute Gasteiger partial charge is 0.481 e. The van der Waals surface area contributed by atoms with Crippen LogP contribution in [-0.2, 0) is 14.3 Å². The number of esters is 1. The van der Waals surface area contributed by atoms with E-state index in [1.54, 1.807) is 0 Å². The van der Waals surface area contributed by atoms with Crippen molar-refractivity contribution in [3.63, 3.8) is 0 Å². The molecule has 1 amide bonds. The maximum atomic E-state index is 12.9. The van der Waals surface area contributed by atoms with Crippen LogP contribution in [-0.4, -0.2) is 30.1 Å². The first-order valence-electron chi connectivity index (χ1n) is 9.64. The molecule has 0 bridgehead atoms. The molecule has 0 radical (unpaired) electrons. The minimum atomic E-state index is -0.944. The topological polar surface area (TPSA) is 92.7 Å². The molecule has 154 valence electrons. The lowest BCUT2D eigenvalue weighted by Crippen LogP contribution is -2.36. The van der Waals surface area contributed by atoms with E-state index in [0.29, 0.717) is 29.0 Å². The SMILES string of the molecule is COC(=O)c1c(-c2ccc(C)c(C)c2)csc1NC(=O)[C@H]1CCCC[C@H]1C(=O)O. The monoisotopic (exact) mass is 415 g/mol. The Kier molecular flexibility index (Phi) is 6.37. The van der Waals surface area contributed by atoms with Crippen LogP contribution < -0.4 is 5.32 Å². The summed E-state index contributed by atoms with van der Waals surface area (Å²) in [5.74, 6) is -3.12. The van der Waals surface area contributed by atoms with Crippen LogP contribution in [0.15, 0.2) is 23.6 Å². The number of aliphatic carboxylic acids is 1. The number of carbonyl (C=O) groups is 3. The molecule has 29 heavy (non-hydrogen) atoms. The van der Waals surface area contributed by atoms with Gasteiger partial charge in [-0.1, -0.05) is 31.0 Å². The Hall–Kier alpha value is -2.67. The Morgan fingerprint density at radius 3 is 2.41 bits per heavy atom. The Labute approximate surface area is 173 Å². The number of hydrogen-bond donors (Lipinski definition) is 2. The van der Waals surface area contributed by atoms with Crippen molar-refractivity contribution in [2.24, 2.45) is 11.8 Å². The second-order valence-corrected chi connectivity index (χ2v) is 8.35. The molecule has 1 saturated carbocycles. The van der Waals surface area contributed by atoms with Gasteiger partial charge in [0.15, 0.2) is 0 Å². The highest BCUT2D eigenvalue weighted by molar-refractivity contribution is 7.15. The van der Waals surface area contributed by atoms with Crippen LogP contribution in [0.3, 0.4) is 0 Å². The summed E-state index contributed by atoms with van der Waals surface area (Å²) in [4.78, 5) is 36.9. The number of hydrogen-bond acceptors (Lipinski definition) is 5. The Morgan fingerprint density at radius 2 is 1.79 bits per heavy atom. The zero-order valence-electron chi connectivity index (χ0n) is 16.8. The fourth-order valence-corrected chi connectivity index (χ4v) is 4.78. The van der Waals surface area contributed by atoms with Gasteiger partial charge in [-0.15, -0.1) is 11.3 Å². The van der Waals surface area contributed by atoms with Gasteiger partial charge in [-0.3, -0.25) is 9.59 Å². The number of carbonyl (C=O) groups excluding carboxylic acids is 2. The van der Waals surface area contributed by atoms with E-state index in [2.05, 4.69) is 5.32 Å². The summed E-state index contributed by atoms with van der Waals surface area (Å²) in [6.45, 7) is 4.02. The number of ether oxygens (including phenoxy) is 1. The number of benzene rings is 1. The molecule has 1 aliphatic carbocycles. The van der Waals surface area contributed by atoms with E-state index in [-0.39, 0.29) is 5.91 Å². The Bertz CT molecular complexity index is 949. The number of rotatable bonds is 5. The van der Waals surface area contributed by atoms with Crippen LogP contribution in [0, 0.1) is 25.7 Å². The lowest BCUT2D eigenvalue weighted by Gasteiger charge is -2.27. The van der Waals surface area contributed by atoms with E-state index >= 15 is 0 Å². The molecule has 0 unspecified atom stereocenters. The van der Waals surface area contributed by atoms with Crippen molar-refractivity contribution >= 4 is 34.2 Å². The van der Waals surface area contributed by atoms with Gasteiger partial charge in [-0.05, 0) is 43.4 Å². The van der Waals surface area contributed by atoms with Gasteiger partial charge in [0.1, 0.15) is 10.6 Å². The van der Waals surface area contributed by atoms with Gasteiger partial charge < -0.3 is 15.2 Å². The Balaban J connectivity index is 1.94. The molecule has 6 nitrogen and oxygen atoms in total. The molecule has 0 saturated heterocycles. The molecule has 7 heteroatoms. The van der Waals surface area contributed by atoms with Crippen LogP contribution in [0.5, 0.6) is 0 Å². The third-order valence-electron chi connectivity index (χ3n) is 5.66. The highest BCUT2D eigenvalue weighted by Gasteiger charge is 2.36. The second-order valence-electron chi connectivity index (χ2n) is 7.47. The second kappa shape index (κ2) is 8.78. The average Bonchev–Trinajstić information content (AvgIpc) is 3.12. The van der Waals surface area contributed by atoms with Crippen molar-refractivity contribution in [2.45, 2.75) is 39.5 Å². The van der Waals surface area contributed by atoms with E-state index in [1.165, 1.54) is 18.4 Å². The van der Waals surface area contributed by atoms with Gasteiger partial charge >= 0.3 is 11.9 Å². The third-order valence-corrected chi connectivity index (χ3v) is 6.55. The minimum Gasteiger partial charge on any atom is -0.481 e. The fourth-order valence-electron chi connectivity index (χ4n) is 3.82. The zero-order chi connectivity index (χ0) is 21.1. The summed E-state index contributed by atoms with van der Waals surface area (Å²) in [6, 6.07) is 5.92. The maximum Gasteiger partial charge on any atom is 0.341 e. The van der Waals surface area contributed by atoms with Crippen molar-refractivity contribution in [2.75, 3.05) is 12.4 Å². The lowest BCUT2D eigenvalue weighted by molar-refractivity contribution is -0.147. The third kappa shape index (κ3) is 4.34. The van der Waals surface area contributed by atoms with Gasteiger partial charge in [0.2, 0.25) is 5.91 Å². The first-order valence-corrected chi connectivity index (χ1v) is 10.5. The molecule has 1 aromatic carbocycles. The van der Waals surface area contributed by atoms with E-state index in [1.807, 2.05) is 37.4 Å². The summed E-state index contributed by atoms with van der Waals surface area (Å²) in [7, 11) is 1.30. The van der Waals surface area contributed by atoms with E-state index in [4.69, 9.17) is 4.74 Å². The predicted octanol–water partition coefficient (Wildman–Crippen LogP) is 4.65. The van der Waals surface area contributed by atoms with Gasteiger partial charge in [0, 0.05) is 10.9 Å². The van der Waals surface area contributed by atoms with Crippen LogP contribution in [0.4, 0.5) is 5.00 Å². The molecule has 1 aliphatic rings. The zero-order valence-corrected chi connectivity index (χ0v) is 17.6. The quantitative estimate of drug-likeness (QED) is 0.694. The Morgan fingerprint density at radius 1 is 1.10 bits per heavy atom. The number of aryl methyl sites for hydroxylation is 2. The van der Waals surface area contributed by atoms with Crippen molar-refractivity contribution in [1.29, 1.82) is 0 Å². The van der Waals surface area contributed by atoms with Crippen molar-refractivity contribution in [1.82, 2.24) is 0 Å². The minimum absolute atomic E-state index is 0.303. The van der Waals surface area contributed by atoms with Crippen molar-refractivity contribution < 1.29 is 24.2 Å². The van der Waals surface area contributed by atoms with E-state index in [0.717, 1.165) is 29.5 Å². The molecule has 2 N–H and O–H groups in total. The van der Waals surface area contributed by atoms with Gasteiger partial charge in [0.25, 0.3) is 0 Å². The summed E-state index contributed by atoms with van der Waals surface area (Å²) in [6.07, 6.45) is 2.66. The molecule has 1 aromatic heterocycles. The number of carboxylic acids is 1. The van der Waals surface area contributed by atoms with E-state index in [9.17, 15) is 19.5 Å². The summed E-state index contributed by atoms with van der Waals surface area (Å²) < 4.78 is 4.96. The van der Waals surface area contributed by atoms with Gasteiger partial charge in [-0.2, -0.15) is 0 Å². The number of anilines is 1. The van der Waals surface area contributed by atoms with E-state index < -0.39 is 23.8 Å². The number of methoxy groups -OCH3 is 1. The van der Waals surface area contributed by atoms with Crippen LogP contribution in [0.25, 0.3) is 11.1 Å². The smallest absolute Gasteiger partial charge is 0.341 e. The average molecular weight is 416 g/mol. The number of amides is 1. The molecule has 1 heterocycles. The highest BCUT2D eigenvalue weighted by Crippen LogP contribution is 2.38. The van der Waals surface area contributed by atoms with Crippen LogP contribution in [0.2, 0.25) is 0 Å². The van der Waals surface area contributed by atoms with Crippen LogP contribution >= 0.6 is 11.3 Å². The molecule has 2 aromatic rings. The number of thiophene rings is 1. The van der Waals surface area contributed by atoms with Crippen LogP contribution in [0.1, 0.15) is 47.2 Å².